The van der Waals surface area contributed by atoms with E-state index in [-0.39, 0.29) is 23.5 Å². The number of aromatic hydroxyl groups is 1. The van der Waals surface area contributed by atoms with Gasteiger partial charge in [-0.3, -0.25) is 9.59 Å². The van der Waals surface area contributed by atoms with E-state index in [0.29, 0.717) is 31.5 Å². The summed E-state index contributed by atoms with van der Waals surface area (Å²) < 4.78 is 0.763. The second-order valence-electron chi connectivity index (χ2n) is 6.61. The first kappa shape index (κ1) is 17.3. The van der Waals surface area contributed by atoms with Crippen LogP contribution in [-0.4, -0.2) is 52.9 Å². The van der Waals surface area contributed by atoms with E-state index in [4.69, 9.17) is 0 Å². The second kappa shape index (κ2) is 7.55. The van der Waals surface area contributed by atoms with Crippen molar-refractivity contribution in [1.29, 1.82) is 0 Å². The summed E-state index contributed by atoms with van der Waals surface area (Å²) in [7, 11) is 0. The number of carbonyl (C=O) groups excluding carboxylic acids is 2. The van der Waals surface area contributed by atoms with E-state index in [2.05, 4.69) is 15.9 Å². The Bertz CT molecular complexity index is 621. The van der Waals surface area contributed by atoms with Crippen LogP contribution in [0.4, 0.5) is 0 Å². The number of rotatable bonds is 2. The molecule has 130 valence electrons. The molecule has 0 radical (unpaired) electrons. The molecule has 0 atom stereocenters. The zero-order valence-corrected chi connectivity index (χ0v) is 15.3. The molecule has 2 aliphatic heterocycles. The largest absolute Gasteiger partial charge is 0.507 e. The molecule has 3 rings (SSSR count). The standard InChI is InChI=1S/C18H23BrN2O3/c19-14-4-5-16(22)15(12-14)18(24)21-10-6-13(7-11-21)17(23)20-8-2-1-3-9-20/h4-5,12-13,22H,1-3,6-11H2. The van der Waals surface area contributed by atoms with Gasteiger partial charge in [-0.25, -0.2) is 0 Å². The van der Waals surface area contributed by atoms with Crippen LogP contribution in [-0.2, 0) is 4.79 Å². The Balaban J connectivity index is 1.59. The predicted octanol–water partition coefficient (Wildman–Crippen LogP) is 3.02. The van der Waals surface area contributed by atoms with Crippen molar-refractivity contribution in [2.24, 2.45) is 5.92 Å². The molecule has 6 heteroatoms. The summed E-state index contributed by atoms with van der Waals surface area (Å²) in [6, 6.07) is 4.86. The van der Waals surface area contributed by atoms with Crippen LogP contribution < -0.4 is 0 Å². The lowest BCUT2D eigenvalue weighted by Gasteiger charge is -2.35. The lowest BCUT2D eigenvalue weighted by atomic mass is 9.94. The maximum Gasteiger partial charge on any atom is 0.257 e. The lowest BCUT2D eigenvalue weighted by molar-refractivity contribution is -0.137. The summed E-state index contributed by atoms with van der Waals surface area (Å²) in [5, 5.41) is 9.92. The van der Waals surface area contributed by atoms with Crippen molar-refractivity contribution in [3.8, 4) is 5.75 Å². The highest BCUT2D eigenvalue weighted by molar-refractivity contribution is 9.10. The summed E-state index contributed by atoms with van der Waals surface area (Å²) in [4.78, 5) is 28.9. The zero-order valence-electron chi connectivity index (χ0n) is 13.7. The van der Waals surface area contributed by atoms with E-state index >= 15 is 0 Å². The first-order chi connectivity index (χ1) is 11.6. The highest BCUT2D eigenvalue weighted by Crippen LogP contribution is 2.27. The van der Waals surface area contributed by atoms with Gasteiger partial charge in [0, 0.05) is 36.6 Å². The number of halogens is 1. The summed E-state index contributed by atoms with van der Waals surface area (Å²) in [6.45, 7) is 2.89. The molecule has 1 aromatic carbocycles. The minimum absolute atomic E-state index is 0.00489. The number of amides is 2. The number of hydrogen-bond acceptors (Lipinski definition) is 3. The van der Waals surface area contributed by atoms with E-state index in [1.807, 2.05) is 4.90 Å². The number of phenols is 1. The molecule has 1 aromatic rings. The fourth-order valence-electron chi connectivity index (χ4n) is 3.55. The van der Waals surface area contributed by atoms with Crippen LogP contribution in [0.1, 0.15) is 42.5 Å². The van der Waals surface area contributed by atoms with Crippen LogP contribution >= 0.6 is 15.9 Å². The summed E-state index contributed by atoms with van der Waals surface area (Å²) in [6.07, 6.45) is 4.83. The molecule has 0 unspecified atom stereocenters. The molecule has 2 amide bonds. The van der Waals surface area contributed by atoms with E-state index in [0.717, 1.165) is 30.4 Å². The highest BCUT2D eigenvalue weighted by Gasteiger charge is 2.31. The SMILES string of the molecule is O=C(c1cc(Br)ccc1O)N1CCC(C(=O)N2CCCCC2)CC1. The van der Waals surface area contributed by atoms with Gasteiger partial charge in [-0.05, 0) is 50.3 Å². The fourth-order valence-corrected chi connectivity index (χ4v) is 3.91. The molecule has 1 N–H and O–H groups in total. The maximum absolute atomic E-state index is 12.6. The third-order valence-corrected chi connectivity index (χ3v) is 5.48. The Labute approximate surface area is 150 Å². The number of phenolic OH excluding ortho intramolecular Hbond substituents is 1. The Morgan fingerprint density at radius 1 is 1.00 bits per heavy atom. The Hall–Kier alpha value is -1.56. The number of benzene rings is 1. The van der Waals surface area contributed by atoms with Crippen molar-refractivity contribution < 1.29 is 14.7 Å². The molecular formula is C18H23BrN2O3. The number of nitrogens with zero attached hydrogens (tertiary/aromatic N) is 2. The molecule has 0 spiro atoms. The first-order valence-electron chi connectivity index (χ1n) is 8.63. The summed E-state index contributed by atoms with van der Waals surface area (Å²) in [5.41, 5.74) is 0.310. The van der Waals surface area contributed by atoms with Gasteiger partial charge in [0.2, 0.25) is 5.91 Å². The molecule has 0 saturated carbocycles. The zero-order chi connectivity index (χ0) is 17.1. The Morgan fingerprint density at radius 2 is 1.67 bits per heavy atom. The molecular weight excluding hydrogens is 372 g/mol. The Kier molecular flexibility index (Phi) is 5.43. The lowest BCUT2D eigenvalue weighted by Crippen LogP contribution is -2.45. The van der Waals surface area contributed by atoms with Gasteiger partial charge in [0.1, 0.15) is 5.75 Å². The number of piperidine rings is 2. The summed E-state index contributed by atoms with van der Waals surface area (Å²) >= 11 is 3.33. The topological polar surface area (TPSA) is 60.9 Å². The average Bonchev–Trinajstić information content (AvgIpc) is 2.63. The van der Waals surface area contributed by atoms with Gasteiger partial charge in [0.25, 0.3) is 5.91 Å². The number of hydrogen-bond donors (Lipinski definition) is 1. The monoisotopic (exact) mass is 394 g/mol. The van der Waals surface area contributed by atoms with Crippen molar-refractivity contribution in [1.82, 2.24) is 9.80 Å². The van der Waals surface area contributed by atoms with Gasteiger partial charge in [-0.15, -0.1) is 0 Å². The van der Waals surface area contributed by atoms with Gasteiger partial charge < -0.3 is 14.9 Å². The van der Waals surface area contributed by atoms with Crippen molar-refractivity contribution in [3.05, 3.63) is 28.2 Å². The van der Waals surface area contributed by atoms with E-state index in [9.17, 15) is 14.7 Å². The fraction of sp³-hybridized carbons (Fsp3) is 0.556. The van der Waals surface area contributed by atoms with Crippen LogP contribution in [0.15, 0.2) is 22.7 Å². The molecule has 5 nitrogen and oxygen atoms in total. The maximum atomic E-state index is 12.6. The van der Waals surface area contributed by atoms with Crippen molar-refractivity contribution in [2.75, 3.05) is 26.2 Å². The van der Waals surface area contributed by atoms with Crippen molar-refractivity contribution in [2.45, 2.75) is 32.1 Å². The summed E-state index contributed by atoms with van der Waals surface area (Å²) in [5.74, 6) is 0.114. The molecule has 24 heavy (non-hydrogen) atoms. The first-order valence-corrected chi connectivity index (χ1v) is 9.42. The van der Waals surface area contributed by atoms with E-state index < -0.39 is 0 Å². The van der Waals surface area contributed by atoms with Crippen LogP contribution in [0, 0.1) is 5.92 Å². The molecule has 2 fully saturated rings. The van der Waals surface area contributed by atoms with Crippen LogP contribution in [0.5, 0.6) is 5.75 Å². The minimum atomic E-state index is -0.169. The van der Waals surface area contributed by atoms with Gasteiger partial charge >= 0.3 is 0 Å². The molecule has 2 heterocycles. The third-order valence-electron chi connectivity index (χ3n) is 4.99. The Morgan fingerprint density at radius 3 is 2.33 bits per heavy atom. The molecule has 0 aliphatic carbocycles. The van der Waals surface area contributed by atoms with Crippen molar-refractivity contribution in [3.63, 3.8) is 0 Å². The quantitative estimate of drug-likeness (QED) is 0.838. The van der Waals surface area contributed by atoms with Gasteiger partial charge in [0.05, 0.1) is 5.56 Å². The average molecular weight is 395 g/mol. The molecule has 0 bridgehead atoms. The second-order valence-corrected chi connectivity index (χ2v) is 7.53. The normalized spacial score (nSPS) is 19.4. The van der Waals surface area contributed by atoms with Crippen molar-refractivity contribution >= 4 is 27.7 Å². The smallest absolute Gasteiger partial charge is 0.257 e. The minimum Gasteiger partial charge on any atom is -0.507 e. The number of likely N-dealkylation sites (tertiary alicyclic amines) is 2. The van der Waals surface area contributed by atoms with Gasteiger partial charge in [-0.2, -0.15) is 0 Å². The van der Waals surface area contributed by atoms with Gasteiger partial charge in [0.15, 0.2) is 0 Å². The molecule has 0 aromatic heterocycles. The third kappa shape index (κ3) is 3.74. The molecule has 2 saturated heterocycles. The predicted molar refractivity (Wildman–Crippen MR) is 94.9 cm³/mol. The highest BCUT2D eigenvalue weighted by atomic mass is 79.9. The number of carbonyl (C=O) groups is 2. The van der Waals surface area contributed by atoms with Crippen LogP contribution in [0.2, 0.25) is 0 Å². The van der Waals surface area contributed by atoms with E-state index in [1.165, 1.54) is 12.5 Å². The van der Waals surface area contributed by atoms with E-state index in [1.54, 1.807) is 17.0 Å². The van der Waals surface area contributed by atoms with Gasteiger partial charge in [-0.1, -0.05) is 15.9 Å². The molecule has 2 aliphatic rings. The van der Waals surface area contributed by atoms with Crippen LogP contribution in [0.3, 0.4) is 0 Å². The van der Waals surface area contributed by atoms with Crippen LogP contribution in [0.25, 0.3) is 0 Å².